The van der Waals surface area contributed by atoms with E-state index in [1.807, 2.05) is 16.2 Å². The van der Waals surface area contributed by atoms with Crippen LogP contribution in [0.5, 0.6) is 0 Å². The molecule has 0 unspecified atom stereocenters. The van der Waals surface area contributed by atoms with Gasteiger partial charge in [0.15, 0.2) is 0 Å². The summed E-state index contributed by atoms with van der Waals surface area (Å²) in [6.45, 7) is 3.52. The van der Waals surface area contributed by atoms with Gasteiger partial charge in [-0.3, -0.25) is 4.79 Å². The first-order valence-corrected chi connectivity index (χ1v) is 5.94. The number of hydrogen-bond donors (Lipinski definition) is 0. The van der Waals surface area contributed by atoms with Crippen LogP contribution in [-0.4, -0.2) is 23.9 Å². The van der Waals surface area contributed by atoms with Gasteiger partial charge in [0.25, 0.3) is 0 Å². The molecule has 1 saturated heterocycles. The molecule has 1 amide bonds. The Bertz CT molecular complexity index is 299. The SMILES string of the molecule is CC(=O)N1CCC(c2cccs2)CC1. The summed E-state index contributed by atoms with van der Waals surface area (Å²) in [6.07, 6.45) is 2.25. The summed E-state index contributed by atoms with van der Waals surface area (Å²) >= 11 is 1.84. The van der Waals surface area contributed by atoms with E-state index < -0.39 is 0 Å². The molecule has 0 aliphatic carbocycles. The Balaban J connectivity index is 1.93. The van der Waals surface area contributed by atoms with Gasteiger partial charge in [-0.1, -0.05) is 6.07 Å². The van der Waals surface area contributed by atoms with Gasteiger partial charge in [0.05, 0.1) is 0 Å². The Labute approximate surface area is 88.5 Å². The predicted molar refractivity (Wildman–Crippen MR) is 58.5 cm³/mol. The van der Waals surface area contributed by atoms with Crippen molar-refractivity contribution in [2.45, 2.75) is 25.7 Å². The number of thiophene rings is 1. The first kappa shape index (κ1) is 9.71. The van der Waals surface area contributed by atoms with Crippen molar-refractivity contribution in [3.63, 3.8) is 0 Å². The zero-order chi connectivity index (χ0) is 9.97. The minimum Gasteiger partial charge on any atom is -0.343 e. The maximum Gasteiger partial charge on any atom is 0.219 e. The molecule has 76 valence electrons. The van der Waals surface area contributed by atoms with E-state index in [0.717, 1.165) is 25.9 Å². The second-order valence-electron chi connectivity index (χ2n) is 3.80. The van der Waals surface area contributed by atoms with Crippen LogP contribution in [0.1, 0.15) is 30.6 Å². The van der Waals surface area contributed by atoms with Crippen molar-refractivity contribution in [1.29, 1.82) is 0 Å². The Morgan fingerprint density at radius 2 is 2.21 bits per heavy atom. The number of carbonyl (C=O) groups excluding carboxylic acids is 1. The molecule has 1 fully saturated rings. The van der Waals surface area contributed by atoms with E-state index in [1.165, 1.54) is 4.88 Å². The Hall–Kier alpha value is -0.830. The van der Waals surface area contributed by atoms with E-state index in [9.17, 15) is 4.79 Å². The molecule has 2 nitrogen and oxygen atoms in total. The molecule has 14 heavy (non-hydrogen) atoms. The van der Waals surface area contributed by atoms with Gasteiger partial charge in [-0.15, -0.1) is 11.3 Å². The maximum absolute atomic E-state index is 11.1. The maximum atomic E-state index is 11.1. The van der Waals surface area contributed by atoms with Gasteiger partial charge in [-0.05, 0) is 30.2 Å². The number of piperidine rings is 1. The van der Waals surface area contributed by atoms with Crippen LogP contribution in [0.15, 0.2) is 17.5 Å². The van der Waals surface area contributed by atoms with Crippen molar-refractivity contribution in [3.05, 3.63) is 22.4 Å². The topological polar surface area (TPSA) is 20.3 Å². The summed E-state index contributed by atoms with van der Waals surface area (Å²) < 4.78 is 0. The average molecular weight is 209 g/mol. The van der Waals surface area contributed by atoms with E-state index in [-0.39, 0.29) is 5.91 Å². The normalized spacial score (nSPS) is 18.5. The highest BCUT2D eigenvalue weighted by Gasteiger charge is 2.22. The Kier molecular flexibility index (Phi) is 2.87. The number of likely N-dealkylation sites (tertiary alicyclic amines) is 1. The first-order valence-electron chi connectivity index (χ1n) is 5.06. The summed E-state index contributed by atoms with van der Waals surface area (Å²) in [7, 11) is 0. The van der Waals surface area contributed by atoms with Crippen molar-refractivity contribution >= 4 is 17.2 Å². The lowest BCUT2D eigenvalue weighted by Gasteiger charge is -2.30. The van der Waals surface area contributed by atoms with Crippen LogP contribution in [0, 0.1) is 0 Å². The van der Waals surface area contributed by atoms with Crippen molar-refractivity contribution in [3.8, 4) is 0 Å². The smallest absolute Gasteiger partial charge is 0.219 e. The van der Waals surface area contributed by atoms with Gasteiger partial charge in [0.2, 0.25) is 5.91 Å². The largest absolute Gasteiger partial charge is 0.343 e. The summed E-state index contributed by atoms with van der Waals surface area (Å²) in [5.41, 5.74) is 0. The molecule has 0 saturated carbocycles. The molecule has 1 aliphatic heterocycles. The van der Waals surface area contributed by atoms with E-state index in [0.29, 0.717) is 5.92 Å². The van der Waals surface area contributed by atoms with Crippen LogP contribution < -0.4 is 0 Å². The average Bonchev–Trinajstić information content (AvgIpc) is 2.71. The minimum atomic E-state index is 0.217. The summed E-state index contributed by atoms with van der Waals surface area (Å²) in [6, 6.07) is 4.32. The molecule has 0 bridgehead atoms. The zero-order valence-electron chi connectivity index (χ0n) is 8.40. The van der Waals surface area contributed by atoms with Crippen LogP contribution in [0.2, 0.25) is 0 Å². The van der Waals surface area contributed by atoms with Crippen molar-refractivity contribution in [2.75, 3.05) is 13.1 Å². The molecule has 0 N–H and O–H groups in total. The Morgan fingerprint density at radius 1 is 1.50 bits per heavy atom. The van der Waals surface area contributed by atoms with Gasteiger partial charge >= 0.3 is 0 Å². The molecule has 1 aromatic heterocycles. The zero-order valence-corrected chi connectivity index (χ0v) is 9.22. The second kappa shape index (κ2) is 4.13. The number of hydrogen-bond acceptors (Lipinski definition) is 2. The third-order valence-electron chi connectivity index (χ3n) is 2.89. The minimum absolute atomic E-state index is 0.217. The lowest BCUT2D eigenvalue weighted by molar-refractivity contribution is -0.129. The molecule has 1 aliphatic rings. The van der Waals surface area contributed by atoms with Crippen molar-refractivity contribution in [1.82, 2.24) is 4.90 Å². The molecule has 3 heteroatoms. The molecular formula is C11H15NOS. The first-order chi connectivity index (χ1) is 6.77. The summed E-state index contributed by atoms with van der Waals surface area (Å²) in [5, 5.41) is 2.13. The van der Waals surface area contributed by atoms with Crippen LogP contribution in [0.4, 0.5) is 0 Å². The van der Waals surface area contributed by atoms with E-state index >= 15 is 0 Å². The van der Waals surface area contributed by atoms with Gasteiger partial charge in [0.1, 0.15) is 0 Å². The summed E-state index contributed by atoms with van der Waals surface area (Å²) in [4.78, 5) is 14.5. The number of carbonyl (C=O) groups is 1. The van der Waals surface area contributed by atoms with Crippen LogP contribution >= 0.6 is 11.3 Å². The van der Waals surface area contributed by atoms with E-state index in [2.05, 4.69) is 17.5 Å². The monoisotopic (exact) mass is 209 g/mol. The van der Waals surface area contributed by atoms with Gasteiger partial charge in [-0.2, -0.15) is 0 Å². The predicted octanol–water partition coefficient (Wildman–Crippen LogP) is 2.47. The number of amides is 1. The molecule has 1 aromatic rings. The lowest BCUT2D eigenvalue weighted by Crippen LogP contribution is -2.36. The van der Waals surface area contributed by atoms with Crippen LogP contribution in [0.25, 0.3) is 0 Å². The van der Waals surface area contributed by atoms with Gasteiger partial charge in [0, 0.05) is 24.9 Å². The fourth-order valence-electron chi connectivity index (χ4n) is 2.00. The van der Waals surface area contributed by atoms with Crippen molar-refractivity contribution < 1.29 is 4.79 Å². The molecule has 2 rings (SSSR count). The molecule has 0 atom stereocenters. The number of rotatable bonds is 1. The van der Waals surface area contributed by atoms with Crippen molar-refractivity contribution in [2.24, 2.45) is 0 Å². The molecular weight excluding hydrogens is 194 g/mol. The van der Waals surface area contributed by atoms with Crippen LogP contribution in [0.3, 0.4) is 0 Å². The van der Waals surface area contributed by atoms with E-state index in [4.69, 9.17) is 0 Å². The highest BCUT2D eigenvalue weighted by Crippen LogP contribution is 2.30. The van der Waals surface area contributed by atoms with E-state index in [1.54, 1.807) is 6.92 Å². The fraction of sp³-hybridized carbons (Fsp3) is 0.545. The highest BCUT2D eigenvalue weighted by molar-refractivity contribution is 7.10. The molecule has 0 aromatic carbocycles. The second-order valence-corrected chi connectivity index (χ2v) is 4.78. The molecule has 0 spiro atoms. The number of nitrogens with zero attached hydrogens (tertiary/aromatic N) is 1. The van der Waals surface area contributed by atoms with Crippen LogP contribution in [-0.2, 0) is 4.79 Å². The third kappa shape index (κ3) is 1.98. The molecule has 2 heterocycles. The third-order valence-corrected chi connectivity index (χ3v) is 3.92. The quantitative estimate of drug-likeness (QED) is 0.696. The van der Waals surface area contributed by atoms with Gasteiger partial charge < -0.3 is 4.90 Å². The lowest BCUT2D eigenvalue weighted by atomic mass is 9.95. The summed E-state index contributed by atoms with van der Waals surface area (Å²) in [5.74, 6) is 0.903. The highest BCUT2D eigenvalue weighted by atomic mass is 32.1. The van der Waals surface area contributed by atoms with Gasteiger partial charge in [-0.25, -0.2) is 0 Å². The fourth-order valence-corrected chi connectivity index (χ4v) is 2.90. The Morgan fingerprint density at radius 3 is 2.71 bits per heavy atom. The molecule has 0 radical (unpaired) electrons. The standard InChI is InChI=1S/C11H15NOS/c1-9(13)12-6-4-10(5-7-12)11-3-2-8-14-11/h2-3,8,10H,4-7H2,1H3.